The van der Waals surface area contributed by atoms with Gasteiger partial charge in [0.05, 0.1) is 16.5 Å². The van der Waals surface area contributed by atoms with E-state index in [2.05, 4.69) is 10.1 Å². The highest BCUT2D eigenvalue weighted by Gasteiger charge is 2.15. The van der Waals surface area contributed by atoms with Gasteiger partial charge < -0.3 is 10.3 Å². The maximum absolute atomic E-state index is 6.12. The Morgan fingerprint density at radius 3 is 2.90 bits per heavy atom. The van der Waals surface area contributed by atoms with Crippen molar-refractivity contribution in [2.75, 3.05) is 5.73 Å². The molecule has 108 valence electrons. The van der Waals surface area contributed by atoms with E-state index in [1.165, 1.54) is 11.3 Å². The molecule has 0 atom stereocenters. The number of thioether (sulfide) groups is 1. The highest BCUT2D eigenvalue weighted by molar-refractivity contribution is 7.98. The third kappa shape index (κ3) is 3.07. The van der Waals surface area contributed by atoms with Gasteiger partial charge in [0.1, 0.15) is 4.88 Å². The largest absolute Gasteiger partial charge is 0.397 e. The van der Waals surface area contributed by atoms with Gasteiger partial charge in [-0.25, -0.2) is 0 Å². The minimum absolute atomic E-state index is 0.473. The van der Waals surface area contributed by atoms with Crippen molar-refractivity contribution in [2.24, 2.45) is 0 Å². The van der Waals surface area contributed by atoms with Crippen molar-refractivity contribution in [1.29, 1.82) is 0 Å². The molecule has 1 aromatic carbocycles. The molecule has 4 nitrogen and oxygen atoms in total. The first-order chi connectivity index (χ1) is 10.1. The van der Waals surface area contributed by atoms with Crippen LogP contribution in [0.5, 0.6) is 0 Å². The molecule has 0 fully saturated rings. The molecule has 0 saturated carbocycles. The second-order valence-corrected chi connectivity index (χ2v) is 6.70. The summed E-state index contributed by atoms with van der Waals surface area (Å²) in [5.74, 6) is 1.69. The Morgan fingerprint density at radius 1 is 1.38 bits per heavy atom. The van der Waals surface area contributed by atoms with Gasteiger partial charge in [-0.3, -0.25) is 0 Å². The number of anilines is 1. The number of aromatic nitrogens is 2. The number of halogens is 1. The summed E-state index contributed by atoms with van der Waals surface area (Å²) in [5.41, 5.74) is 7.72. The van der Waals surface area contributed by atoms with E-state index in [1.807, 2.05) is 36.6 Å². The third-order valence-corrected chi connectivity index (χ3v) is 5.49. The van der Waals surface area contributed by atoms with E-state index < -0.39 is 0 Å². The van der Waals surface area contributed by atoms with Gasteiger partial charge in [-0.1, -0.05) is 28.9 Å². The summed E-state index contributed by atoms with van der Waals surface area (Å²) in [7, 11) is 0. The van der Waals surface area contributed by atoms with Crippen LogP contribution >= 0.6 is 34.7 Å². The molecule has 3 aromatic rings. The zero-order chi connectivity index (χ0) is 14.8. The average Bonchev–Trinajstić information content (AvgIpc) is 3.06. The van der Waals surface area contributed by atoms with Crippen molar-refractivity contribution < 1.29 is 4.52 Å². The molecule has 21 heavy (non-hydrogen) atoms. The number of nitrogens with zero attached hydrogens (tertiary/aromatic N) is 2. The van der Waals surface area contributed by atoms with Crippen LogP contribution in [0.4, 0.5) is 5.69 Å². The van der Waals surface area contributed by atoms with E-state index in [4.69, 9.17) is 21.9 Å². The Bertz CT molecular complexity index is 769. The molecular formula is C14H12ClN3OS2. The van der Waals surface area contributed by atoms with Crippen molar-refractivity contribution in [3.8, 4) is 10.8 Å². The predicted octanol–water partition coefficient (Wildman–Crippen LogP) is 4.63. The molecule has 0 amide bonds. The topological polar surface area (TPSA) is 64.9 Å². The van der Waals surface area contributed by atoms with E-state index in [9.17, 15) is 0 Å². The molecule has 0 unspecified atom stereocenters. The van der Waals surface area contributed by atoms with Gasteiger partial charge in [0.15, 0.2) is 5.82 Å². The van der Waals surface area contributed by atoms with Crippen LogP contribution in [-0.4, -0.2) is 10.1 Å². The van der Waals surface area contributed by atoms with Crippen molar-refractivity contribution in [3.05, 3.63) is 46.1 Å². The van der Waals surface area contributed by atoms with Gasteiger partial charge in [0.25, 0.3) is 5.89 Å². The van der Waals surface area contributed by atoms with E-state index >= 15 is 0 Å². The van der Waals surface area contributed by atoms with Crippen LogP contribution in [0.2, 0.25) is 5.02 Å². The minimum atomic E-state index is 0.473. The highest BCUT2D eigenvalue weighted by Crippen LogP contribution is 2.34. The zero-order valence-corrected chi connectivity index (χ0v) is 13.6. The molecule has 2 N–H and O–H groups in total. The molecule has 2 heterocycles. The average molecular weight is 338 g/mol. The molecule has 3 rings (SSSR count). The molecule has 0 saturated heterocycles. The normalized spacial score (nSPS) is 11.0. The fourth-order valence-electron chi connectivity index (χ4n) is 1.73. The first-order valence-electron chi connectivity index (χ1n) is 6.19. The number of benzene rings is 1. The molecular weight excluding hydrogens is 326 g/mol. The zero-order valence-electron chi connectivity index (χ0n) is 11.2. The maximum Gasteiger partial charge on any atom is 0.270 e. The fourth-order valence-corrected chi connectivity index (χ4v) is 3.70. The lowest BCUT2D eigenvalue weighted by Crippen LogP contribution is -1.88. The number of thiophene rings is 1. The van der Waals surface area contributed by atoms with E-state index in [1.54, 1.807) is 11.8 Å². The third-order valence-electron chi connectivity index (χ3n) is 2.88. The van der Waals surface area contributed by atoms with Gasteiger partial charge in [-0.15, -0.1) is 23.1 Å². The van der Waals surface area contributed by atoms with Crippen LogP contribution in [-0.2, 0) is 5.75 Å². The van der Waals surface area contributed by atoms with Gasteiger partial charge in [0.2, 0.25) is 0 Å². The van der Waals surface area contributed by atoms with Crippen LogP contribution in [0.3, 0.4) is 0 Å². The number of nitrogens with two attached hydrogens (primary N) is 1. The molecule has 7 heteroatoms. The minimum Gasteiger partial charge on any atom is -0.397 e. The molecule has 0 aliphatic rings. The SMILES string of the molecule is Cc1csc(-c2nc(CSc3ccccc3Cl)no2)c1N. The Balaban J connectivity index is 1.74. The second-order valence-electron chi connectivity index (χ2n) is 4.40. The van der Waals surface area contributed by atoms with Crippen LogP contribution < -0.4 is 5.73 Å². The lowest BCUT2D eigenvalue weighted by Gasteiger charge is -2.00. The van der Waals surface area contributed by atoms with Crippen molar-refractivity contribution in [3.63, 3.8) is 0 Å². The van der Waals surface area contributed by atoms with Crippen LogP contribution in [0.25, 0.3) is 10.8 Å². The monoisotopic (exact) mass is 337 g/mol. The summed E-state index contributed by atoms with van der Waals surface area (Å²) in [6.45, 7) is 1.96. The number of rotatable bonds is 4. The predicted molar refractivity (Wildman–Crippen MR) is 87.8 cm³/mol. The molecule has 0 aliphatic heterocycles. The summed E-state index contributed by atoms with van der Waals surface area (Å²) in [5, 5.41) is 6.69. The van der Waals surface area contributed by atoms with Crippen molar-refractivity contribution >= 4 is 40.4 Å². The summed E-state index contributed by atoms with van der Waals surface area (Å²) in [6, 6.07) is 7.68. The van der Waals surface area contributed by atoms with E-state index in [0.717, 1.165) is 20.4 Å². The van der Waals surface area contributed by atoms with E-state index in [-0.39, 0.29) is 0 Å². The second kappa shape index (κ2) is 6.09. The molecule has 2 aromatic heterocycles. The number of nitrogen functional groups attached to an aromatic ring is 1. The van der Waals surface area contributed by atoms with Crippen LogP contribution in [0.15, 0.2) is 39.1 Å². The highest BCUT2D eigenvalue weighted by atomic mass is 35.5. The van der Waals surface area contributed by atoms with Gasteiger partial charge in [-0.05, 0) is 30.0 Å². The lowest BCUT2D eigenvalue weighted by molar-refractivity contribution is 0.426. The summed E-state index contributed by atoms with van der Waals surface area (Å²) in [4.78, 5) is 6.21. The van der Waals surface area contributed by atoms with Crippen LogP contribution in [0, 0.1) is 6.92 Å². The summed E-state index contributed by atoms with van der Waals surface area (Å²) >= 11 is 9.20. The standard InChI is InChI=1S/C14H12ClN3OS2/c1-8-6-21-13(12(8)16)14-17-11(18-19-14)7-20-10-5-3-2-4-9(10)15/h2-6H,7,16H2,1H3. The number of aryl methyl sites for hydroxylation is 1. The van der Waals surface area contributed by atoms with Crippen molar-refractivity contribution in [2.45, 2.75) is 17.6 Å². The lowest BCUT2D eigenvalue weighted by atomic mass is 10.3. The van der Waals surface area contributed by atoms with Crippen molar-refractivity contribution in [1.82, 2.24) is 10.1 Å². The maximum atomic E-state index is 6.12. The van der Waals surface area contributed by atoms with Gasteiger partial charge in [-0.2, -0.15) is 4.98 Å². The van der Waals surface area contributed by atoms with Crippen LogP contribution in [0.1, 0.15) is 11.4 Å². The Hall–Kier alpha value is -1.50. The molecule has 0 bridgehead atoms. The molecule has 0 spiro atoms. The quantitative estimate of drug-likeness (QED) is 0.703. The fraction of sp³-hybridized carbons (Fsp3) is 0.143. The molecule has 0 aliphatic carbocycles. The van der Waals surface area contributed by atoms with E-state index in [0.29, 0.717) is 23.2 Å². The Labute approximate surface area is 135 Å². The number of hydrogen-bond acceptors (Lipinski definition) is 6. The smallest absolute Gasteiger partial charge is 0.270 e. The first-order valence-corrected chi connectivity index (χ1v) is 8.43. The first kappa shape index (κ1) is 14.4. The molecule has 0 radical (unpaired) electrons. The Kier molecular flexibility index (Phi) is 4.19. The number of hydrogen-bond donors (Lipinski definition) is 1. The van der Waals surface area contributed by atoms with Gasteiger partial charge in [0, 0.05) is 4.90 Å². The summed E-state index contributed by atoms with van der Waals surface area (Å²) < 4.78 is 5.29. The Morgan fingerprint density at radius 2 is 2.19 bits per heavy atom. The van der Waals surface area contributed by atoms with Gasteiger partial charge >= 0.3 is 0 Å². The summed E-state index contributed by atoms with van der Waals surface area (Å²) in [6.07, 6.45) is 0.